The van der Waals surface area contributed by atoms with Gasteiger partial charge in [-0.05, 0) is 37.0 Å². The quantitative estimate of drug-likeness (QED) is 0.870. The normalized spacial score (nSPS) is 23.0. The number of imide groups is 1. The monoisotopic (exact) mass is 303 g/mol. The second-order valence-electron chi connectivity index (χ2n) is 5.46. The largest absolute Gasteiger partial charge is 0.481 e. The van der Waals surface area contributed by atoms with Gasteiger partial charge in [0.25, 0.3) is 11.8 Å². The minimum absolute atomic E-state index is 0.198. The van der Waals surface area contributed by atoms with E-state index < -0.39 is 36.1 Å². The van der Waals surface area contributed by atoms with Gasteiger partial charge in [-0.2, -0.15) is 0 Å². The number of carbonyl (C=O) groups excluding carboxylic acids is 2. The summed E-state index contributed by atoms with van der Waals surface area (Å²) in [5.41, 5.74) is 0.710. The second-order valence-corrected chi connectivity index (χ2v) is 5.46. The first-order valence-electron chi connectivity index (χ1n) is 7.06. The molecule has 0 bridgehead atoms. The summed E-state index contributed by atoms with van der Waals surface area (Å²) in [4.78, 5) is 36.3. The van der Waals surface area contributed by atoms with Gasteiger partial charge in [0.15, 0.2) is 0 Å². The van der Waals surface area contributed by atoms with Gasteiger partial charge < -0.3 is 5.11 Å². The Morgan fingerprint density at radius 2 is 1.82 bits per heavy atom. The summed E-state index contributed by atoms with van der Waals surface area (Å²) in [5.74, 6) is -3.68. The van der Waals surface area contributed by atoms with Crippen LogP contribution in [0.3, 0.4) is 0 Å². The number of fused-ring (bicyclic) bond motifs is 1. The summed E-state index contributed by atoms with van der Waals surface area (Å²) in [6, 6.07) is 6.33. The van der Waals surface area contributed by atoms with Gasteiger partial charge in [0.2, 0.25) is 0 Å². The third-order valence-corrected chi connectivity index (χ3v) is 4.18. The molecule has 2 aliphatic rings. The van der Waals surface area contributed by atoms with Crippen LogP contribution in [0, 0.1) is 5.92 Å². The second kappa shape index (κ2) is 5.36. The molecule has 3 rings (SSSR count). The highest BCUT2D eigenvalue weighted by atomic mass is 19.1. The van der Waals surface area contributed by atoms with E-state index in [0.29, 0.717) is 19.3 Å². The summed E-state index contributed by atoms with van der Waals surface area (Å²) in [7, 11) is 0. The topological polar surface area (TPSA) is 74.7 Å². The molecule has 0 spiro atoms. The van der Waals surface area contributed by atoms with Crippen LogP contribution in [0.2, 0.25) is 0 Å². The number of amides is 2. The van der Waals surface area contributed by atoms with Crippen LogP contribution in [0.1, 0.15) is 40.0 Å². The molecule has 22 heavy (non-hydrogen) atoms. The molecule has 114 valence electrons. The molecule has 1 aromatic rings. The lowest BCUT2D eigenvalue weighted by atomic mass is 10.0. The van der Waals surface area contributed by atoms with Crippen molar-refractivity contribution in [3.63, 3.8) is 0 Å². The molecule has 5 nitrogen and oxygen atoms in total. The number of benzene rings is 1. The molecule has 1 aliphatic heterocycles. The Balaban J connectivity index is 1.87. The zero-order valence-electron chi connectivity index (χ0n) is 11.7. The molecule has 1 aromatic carbocycles. The van der Waals surface area contributed by atoms with Crippen LogP contribution in [-0.2, 0) is 4.79 Å². The molecule has 1 unspecified atom stereocenters. The molecule has 1 N–H and O–H groups in total. The first-order valence-corrected chi connectivity index (χ1v) is 7.06. The van der Waals surface area contributed by atoms with Gasteiger partial charge in [0.1, 0.15) is 5.83 Å². The number of rotatable bonds is 3. The van der Waals surface area contributed by atoms with Crippen LogP contribution in [0.4, 0.5) is 4.39 Å². The number of nitrogens with zero attached hydrogens (tertiary/aromatic N) is 1. The van der Waals surface area contributed by atoms with Crippen LogP contribution >= 0.6 is 0 Å². The van der Waals surface area contributed by atoms with Crippen molar-refractivity contribution in [2.75, 3.05) is 6.54 Å². The maximum absolute atomic E-state index is 14.4. The molecule has 2 amide bonds. The van der Waals surface area contributed by atoms with Gasteiger partial charge >= 0.3 is 5.97 Å². The molecule has 1 fully saturated rings. The lowest BCUT2D eigenvalue weighted by Gasteiger charge is -2.15. The Hall–Kier alpha value is -2.50. The minimum Gasteiger partial charge on any atom is -0.481 e. The van der Waals surface area contributed by atoms with Gasteiger partial charge in [0.05, 0.1) is 23.6 Å². The Bertz CT molecular complexity index is 675. The number of carboxylic acids is 1. The molecule has 0 radical (unpaired) electrons. The summed E-state index contributed by atoms with van der Waals surface area (Å²) < 4.78 is 14.4. The molecule has 0 aromatic heterocycles. The molecule has 1 aliphatic carbocycles. The molecule has 1 heterocycles. The van der Waals surface area contributed by atoms with Crippen molar-refractivity contribution in [2.45, 2.75) is 19.3 Å². The van der Waals surface area contributed by atoms with Gasteiger partial charge in [-0.15, -0.1) is 0 Å². The van der Waals surface area contributed by atoms with Crippen LogP contribution in [-0.4, -0.2) is 34.3 Å². The van der Waals surface area contributed by atoms with E-state index in [1.54, 1.807) is 12.1 Å². The van der Waals surface area contributed by atoms with E-state index in [9.17, 15) is 18.8 Å². The highest BCUT2D eigenvalue weighted by Crippen LogP contribution is 2.35. The summed E-state index contributed by atoms with van der Waals surface area (Å²) in [5, 5.41) is 9.09. The molecule has 1 atom stereocenters. The van der Waals surface area contributed by atoms with Crippen LogP contribution in [0.5, 0.6) is 0 Å². The Morgan fingerprint density at radius 1 is 1.23 bits per heavy atom. The van der Waals surface area contributed by atoms with Crippen molar-refractivity contribution in [2.24, 2.45) is 5.92 Å². The molecule has 0 saturated heterocycles. The van der Waals surface area contributed by atoms with Gasteiger partial charge in [-0.25, -0.2) is 4.39 Å². The van der Waals surface area contributed by atoms with E-state index in [4.69, 9.17) is 5.11 Å². The van der Waals surface area contributed by atoms with Gasteiger partial charge in [0, 0.05) is 0 Å². The van der Waals surface area contributed by atoms with Crippen molar-refractivity contribution >= 4 is 17.8 Å². The van der Waals surface area contributed by atoms with Gasteiger partial charge in [-0.1, -0.05) is 12.1 Å². The van der Waals surface area contributed by atoms with Gasteiger partial charge in [-0.3, -0.25) is 19.3 Å². The van der Waals surface area contributed by atoms with Crippen LogP contribution in [0.25, 0.3) is 0 Å². The van der Waals surface area contributed by atoms with Crippen molar-refractivity contribution < 1.29 is 23.9 Å². The van der Waals surface area contributed by atoms with Crippen molar-refractivity contribution in [1.82, 2.24) is 4.90 Å². The fourth-order valence-electron chi connectivity index (χ4n) is 3.07. The smallest absolute Gasteiger partial charge is 0.310 e. The van der Waals surface area contributed by atoms with E-state index in [0.717, 1.165) is 4.90 Å². The molecule has 1 saturated carbocycles. The van der Waals surface area contributed by atoms with Crippen LogP contribution < -0.4 is 0 Å². The van der Waals surface area contributed by atoms with Crippen molar-refractivity contribution in [3.05, 3.63) is 46.8 Å². The highest BCUT2D eigenvalue weighted by molar-refractivity contribution is 6.21. The van der Waals surface area contributed by atoms with Crippen molar-refractivity contribution in [3.8, 4) is 0 Å². The Kier molecular flexibility index (Phi) is 3.52. The maximum atomic E-state index is 14.4. The SMILES string of the molecule is O=C(O)C1CCC/C1=C(\F)CN1C(=O)c2ccccc2C1=O. The van der Waals surface area contributed by atoms with E-state index in [1.165, 1.54) is 12.1 Å². The summed E-state index contributed by atoms with van der Waals surface area (Å²) >= 11 is 0. The minimum atomic E-state index is -1.06. The molecule has 6 heteroatoms. The first kappa shape index (κ1) is 14.4. The third-order valence-electron chi connectivity index (χ3n) is 4.18. The Morgan fingerprint density at radius 3 is 2.36 bits per heavy atom. The van der Waals surface area contributed by atoms with E-state index >= 15 is 0 Å². The lowest BCUT2D eigenvalue weighted by Crippen LogP contribution is -2.31. The highest BCUT2D eigenvalue weighted by Gasteiger charge is 2.37. The van der Waals surface area contributed by atoms with E-state index in [-0.39, 0.29) is 16.7 Å². The number of carboxylic acid groups (broad SMARTS) is 1. The maximum Gasteiger partial charge on any atom is 0.310 e. The van der Waals surface area contributed by atoms with Crippen LogP contribution in [0.15, 0.2) is 35.7 Å². The predicted octanol–water partition coefficient (Wildman–Crippen LogP) is 2.39. The number of aliphatic carboxylic acids is 1. The van der Waals surface area contributed by atoms with Crippen molar-refractivity contribution in [1.29, 1.82) is 0 Å². The number of hydrogen-bond donors (Lipinski definition) is 1. The average Bonchev–Trinajstić information content (AvgIpc) is 3.08. The number of hydrogen-bond acceptors (Lipinski definition) is 3. The first-order chi connectivity index (χ1) is 10.5. The number of carbonyl (C=O) groups is 3. The molecular formula is C16H14FNO4. The summed E-state index contributed by atoms with van der Waals surface area (Å²) in [6.07, 6.45) is 1.34. The average molecular weight is 303 g/mol. The van der Waals surface area contributed by atoms with E-state index in [2.05, 4.69) is 0 Å². The fourth-order valence-corrected chi connectivity index (χ4v) is 3.07. The van der Waals surface area contributed by atoms with E-state index in [1.807, 2.05) is 0 Å². The number of halogens is 1. The Labute approximate surface area is 126 Å². The summed E-state index contributed by atoms with van der Waals surface area (Å²) in [6.45, 7) is -0.495. The zero-order chi connectivity index (χ0) is 15.9. The lowest BCUT2D eigenvalue weighted by molar-refractivity contribution is -0.140. The predicted molar refractivity (Wildman–Crippen MR) is 74.9 cm³/mol. The molecular weight excluding hydrogens is 289 g/mol. The fraction of sp³-hybridized carbons (Fsp3) is 0.312. The standard InChI is InChI=1S/C16H14FNO4/c17-13(9-6-3-7-12(9)16(21)22)8-18-14(19)10-4-1-2-5-11(10)15(18)20/h1-2,4-5,12H,3,6-8H2,(H,21,22)/b13-9+. The zero-order valence-corrected chi connectivity index (χ0v) is 11.7. The third kappa shape index (κ3) is 2.20.